The van der Waals surface area contributed by atoms with Crippen LogP contribution in [0.2, 0.25) is 0 Å². The molecule has 1 aromatic heterocycles. The first-order valence-electron chi connectivity index (χ1n) is 6.52. The smallest absolute Gasteiger partial charge is 0.261 e. The van der Waals surface area contributed by atoms with Crippen molar-refractivity contribution in [2.45, 2.75) is 11.3 Å². The molecule has 0 spiro atoms. The third-order valence-electron chi connectivity index (χ3n) is 3.16. The van der Waals surface area contributed by atoms with Crippen LogP contribution in [0.3, 0.4) is 0 Å². The van der Waals surface area contributed by atoms with Crippen LogP contribution in [0, 0.1) is 10.1 Å². The van der Waals surface area contributed by atoms with E-state index < -0.39 is 20.6 Å². The summed E-state index contributed by atoms with van der Waals surface area (Å²) >= 11 is 0. The van der Waals surface area contributed by atoms with Crippen LogP contribution >= 0.6 is 0 Å². The molecule has 2 aromatic rings. The third-order valence-corrected chi connectivity index (χ3v) is 5.06. The van der Waals surface area contributed by atoms with E-state index in [2.05, 4.69) is 4.98 Å². The quantitative estimate of drug-likeness (QED) is 0.598. The van der Waals surface area contributed by atoms with Gasteiger partial charge in [-0.05, 0) is 18.2 Å². The normalized spacial score (nSPS) is 11.5. The number of aromatic nitrogens is 1. The Morgan fingerprint density at radius 3 is 2.50 bits per heavy atom. The maximum Gasteiger partial charge on any atom is 0.289 e. The number of benzene rings is 1. The highest BCUT2D eigenvalue weighted by Crippen LogP contribution is 2.25. The summed E-state index contributed by atoms with van der Waals surface area (Å²) in [5.74, 6) is 0. The zero-order valence-electron chi connectivity index (χ0n) is 11.9. The molecule has 0 aliphatic rings. The first-order chi connectivity index (χ1) is 10.4. The average molecular weight is 321 g/mol. The number of hydrogen-bond donors (Lipinski definition) is 0. The minimum absolute atomic E-state index is 0.186. The first-order valence-corrected chi connectivity index (χ1v) is 7.96. The molecular formula is C14H15N3O4S. The molecule has 1 aromatic carbocycles. The van der Waals surface area contributed by atoms with Gasteiger partial charge in [0.05, 0.1) is 4.92 Å². The monoisotopic (exact) mass is 321 g/mol. The van der Waals surface area contributed by atoms with E-state index in [0.29, 0.717) is 6.42 Å². The van der Waals surface area contributed by atoms with Crippen molar-refractivity contribution in [3.8, 4) is 0 Å². The number of sulfonamides is 1. The van der Waals surface area contributed by atoms with Crippen LogP contribution in [0.5, 0.6) is 0 Å². The molecule has 0 amide bonds. The summed E-state index contributed by atoms with van der Waals surface area (Å²) in [4.78, 5) is 14.1. The molecule has 0 N–H and O–H groups in total. The van der Waals surface area contributed by atoms with E-state index in [4.69, 9.17) is 0 Å². The van der Waals surface area contributed by atoms with Crippen molar-refractivity contribution in [2.75, 3.05) is 13.6 Å². The van der Waals surface area contributed by atoms with Crippen LogP contribution < -0.4 is 0 Å². The van der Waals surface area contributed by atoms with Gasteiger partial charge in [0.2, 0.25) is 10.0 Å². The van der Waals surface area contributed by atoms with Crippen LogP contribution in [-0.2, 0) is 16.4 Å². The van der Waals surface area contributed by atoms with Gasteiger partial charge < -0.3 is 0 Å². The number of rotatable bonds is 6. The van der Waals surface area contributed by atoms with E-state index in [0.717, 1.165) is 10.00 Å². The van der Waals surface area contributed by atoms with Gasteiger partial charge in [-0.2, -0.15) is 0 Å². The number of pyridine rings is 1. The maximum atomic E-state index is 12.5. The Labute approximate surface area is 128 Å². The minimum Gasteiger partial charge on any atom is -0.261 e. The molecule has 0 saturated carbocycles. The fourth-order valence-corrected chi connectivity index (χ4v) is 3.26. The third kappa shape index (κ3) is 3.46. The SMILES string of the molecule is CN(CCc1ccccn1)S(=O)(=O)c1ccccc1[N+](=O)[O-]. The summed E-state index contributed by atoms with van der Waals surface area (Å²) in [6.45, 7) is 0.186. The summed E-state index contributed by atoms with van der Waals surface area (Å²) in [6, 6.07) is 10.7. The van der Waals surface area contributed by atoms with Crippen LogP contribution in [0.4, 0.5) is 5.69 Å². The highest BCUT2D eigenvalue weighted by atomic mass is 32.2. The molecule has 0 atom stereocenters. The summed E-state index contributed by atoms with van der Waals surface area (Å²) < 4.78 is 26.1. The Bertz CT molecular complexity index is 763. The van der Waals surface area contributed by atoms with Crippen LogP contribution in [0.25, 0.3) is 0 Å². The lowest BCUT2D eigenvalue weighted by Crippen LogP contribution is -2.29. The highest BCUT2D eigenvalue weighted by Gasteiger charge is 2.28. The lowest BCUT2D eigenvalue weighted by Gasteiger charge is -2.16. The van der Waals surface area contributed by atoms with Gasteiger partial charge in [-0.25, -0.2) is 12.7 Å². The number of nitrogens with zero attached hydrogens (tertiary/aromatic N) is 3. The number of likely N-dealkylation sites (N-methyl/N-ethyl adjacent to an activating group) is 1. The predicted octanol–water partition coefficient (Wildman–Crippen LogP) is 1.85. The second-order valence-corrected chi connectivity index (χ2v) is 6.64. The molecule has 0 bridgehead atoms. The largest absolute Gasteiger partial charge is 0.289 e. The molecule has 1 heterocycles. The zero-order chi connectivity index (χ0) is 16.2. The predicted molar refractivity (Wildman–Crippen MR) is 80.9 cm³/mol. The molecule has 22 heavy (non-hydrogen) atoms. The van der Waals surface area contributed by atoms with Crippen molar-refractivity contribution >= 4 is 15.7 Å². The molecule has 8 heteroatoms. The highest BCUT2D eigenvalue weighted by molar-refractivity contribution is 7.89. The van der Waals surface area contributed by atoms with E-state index in [9.17, 15) is 18.5 Å². The van der Waals surface area contributed by atoms with Crippen molar-refractivity contribution in [2.24, 2.45) is 0 Å². The average Bonchev–Trinajstić information content (AvgIpc) is 2.53. The summed E-state index contributed by atoms with van der Waals surface area (Å²) in [7, 11) is -2.52. The Hall–Kier alpha value is -2.32. The number of nitro benzene ring substituents is 1. The Balaban J connectivity index is 2.21. The molecule has 7 nitrogen and oxygen atoms in total. The van der Waals surface area contributed by atoms with Gasteiger partial charge >= 0.3 is 0 Å². The standard InChI is InChI=1S/C14H15N3O4S/c1-16(11-9-12-6-4-5-10-15-12)22(20,21)14-8-3-2-7-13(14)17(18)19/h2-8,10H,9,11H2,1H3. The fraction of sp³-hybridized carbons (Fsp3) is 0.214. The number of nitro groups is 1. The van der Waals surface area contributed by atoms with Crippen molar-refractivity contribution in [3.63, 3.8) is 0 Å². The van der Waals surface area contributed by atoms with Gasteiger partial charge in [-0.3, -0.25) is 15.1 Å². The fourth-order valence-electron chi connectivity index (χ4n) is 1.93. The van der Waals surface area contributed by atoms with E-state index in [-0.39, 0.29) is 11.4 Å². The molecule has 0 unspecified atom stereocenters. The van der Waals surface area contributed by atoms with Crippen LogP contribution in [0.15, 0.2) is 53.6 Å². The molecule has 2 rings (SSSR count). The van der Waals surface area contributed by atoms with Gasteiger partial charge in [0.25, 0.3) is 5.69 Å². The molecule has 0 fully saturated rings. The summed E-state index contributed by atoms with van der Waals surface area (Å²) in [5.41, 5.74) is 0.333. The minimum atomic E-state index is -3.92. The Kier molecular flexibility index (Phi) is 4.84. The second-order valence-electron chi connectivity index (χ2n) is 4.62. The van der Waals surface area contributed by atoms with Crippen molar-refractivity contribution in [1.29, 1.82) is 0 Å². The van der Waals surface area contributed by atoms with Crippen LogP contribution in [-0.4, -0.2) is 36.2 Å². The van der Waals surface area contributed by atoms with Gasteiger partial charge in [0, 0.05) is 38.0 Å². The van der Waals surface area contributed by atoms with Gasteiger partial charge in [0.1, 0.15) is 0 Å². The van der Waals surface area contributed by atoms with E-state index in [1.54, 1.807) is 18.3 Å². The Morgan fingerprint density at radius 1 is 1.18 bits per heavy atom. The topological polar surface area (TPSA) is 93.4 Å². The molecule has 0 aliphatic carbocycles. The molecular weight excluding hydrogens is 306 g/mol. The summed E-state index contributed by atoms with van der Waals surface area (Å²) in [5, 5.41) is 11.0. The number of hydrogen-bond acceptors (Lipinski definition) is 5. The first kappa shape index (κ1) is 16.1. The van der Waals surface area contributed by atoms with E-state index in [1.165, 1.54) is 31.3 Å². The van der Waals surface area contributed by atoms with Crippen molar-refractivity contribution < 1.29 is 13.3 Å². The lowest BCUT2D eigenvalue weighted by atomic mass is 10.3. The van der Waals surface area contributed by atoms with Gasteiger partial charge in [0.15, 0.2) is 4.90 Å². The van der Waals surface area contributed by atoms with Crippen LogP contribution in [0.1, 0.15) is 5.69 Å². The van der Waals surface area contributed by atoms with E-state index in [1.807, 2.05) is 6.07 Å². The molecule has 0 saturated heterocycles. The Morgan fingerprint density at radius 2 is 1.86 bits per heavy atom. The van der Waals surface area contributed by atoms with E-state index >= 15 is 0 Å². The zero-order valence-corrected chi connectivity index (χ0v) is 12.7. The molecule has 116 valence electrons. The summed E-state index contributed by atoms with van der Waals surface area (Å²) in [6.07, 6.45) is 2.06. The van der Waals surface area contributed by atoms with Gasteiger partial charge in [-0.1, -0.05) is 18.2 Å². The number of para-hydroxylation sites is 1. The molecule has 0 aliphatic heterocycles. The lowest BCUT2D eigenvalue weighted by molar-refractivity contribution is -0.387. The van der Waals surface area contributed by atoms with Crippen molar-refractivity contribution in [3.05, 3.63) is 64.5 Å². The second kappa shape index (κ2) is 6.63. The van der Waals surface area contributed by atoms with Gasteiger partial charge in [-0.15, -0.1) is 0 Å². The maximum absolute atomic E-state index is 12.5. The molecule has 0 radical (unpaired) electrons. The van der Waals surface area contributed by atoms with Crippen molar-refractivity contribution in [1.82, 2.24) is 9.29 Å².